The number of anilines is 6. The second-order valence-corrected chi connectivity index (χ2v) is 16.9. The van der Waals surface area contributed by atoms with E-state index in [1.165, 1.54) is 0 Å². The summed E-state index contributed by atoms with van der Waals surface area (Å²) in [4.78, 5) is 20.3. The molecule has 0 atom stereocenters. The molecule has 67 heavy (non-hydrogen) atoms. The Morgan fingerprint density at radius 2 is 0.791 bits per heavy atom. The largest absolute Gasteiger partial charge is 0.310 e. The third-order valence-electron chi connectivity index (χ3n) is 13.0. The lowest BCUT2D eigenvalue weighted by atomic mass is 9.97. The van der Waals surface area contributed by atoms with E-state index in [2.05, 4.69) is 250 Å². The van der Waals surface area contributed by atoms with Crippen molar-refractivity contribution in [2.75, 3.05) is 9.80 Å². The van der Waals surface area contributed by atoms with Gasteiger partial charge in [-0.3, -0.25) is 4.98 Å². The molecule has 0 saturated carbocycles. The van der Waals surface area contributed by atoms with Gasteiger partial charge in [-0.2, -0.15) is 0 Å². The lowest BCUT2D eigenvalue weighted by molar-refractivity contribution is 1.18. The van der Waals surface area contributed by atoms with Crippen molar-refractivity contribution in [3.63, 3.8) is 0 Å². The predicted molar refractivity (Wildman–Crippen MR) is 279 cm³/mol. The summed E-state index contributed by atoms with van der Waals surface area (Å²) in [7, 11) is 0. The third kappa shape index (κ3) is 6.45. The van der Waals surface area contributed by atoms with Crippen molar-refractivity contribution >= 4 is 99.5 Å². The van der Waals surface area contributed by atoms with Gasteiger partial charge in [0.15, 0.2) is 0 Å². The molecule has 0 radical (unpaired) electrons. The molecule has 10 aromatic carbocycles. The van der Waals surface area contributed by atoms with Crippen molar-refractivity contribution in [3.8, 4) is 16.8 Å². The van der Waals surface area contributed by atoms with Crippen molar-refractivity contribution in [1.29, 1.82) is 0 Å². The summed E-state index contributed by atoms with van der Waals surface area (Å²) in [6, 6.07) is 81.8. The molecule has 314 valence electrons. The monoisotopic (exact) mass is 856 g/mol. The molecule has 0 aliphatic heterocycles. The zero-order valence-corrected chi connectivity index (χ0v) is 36.3. The molecule has 0 spiro atoms. The number of fused-ring (bicyclic) bond motifs is 11. The molecule has 6 nitrogen and oxygen atoms in total. The van der Waals surface area contributed by atoms with Crippen LogP contribution in [0.15, 0.2) is 243 Å². The highest BCUT2D eigenvalue weighted by Gasteiger charge is 2.22. The maximum atomic E-state index is 5.76. The fourth-order valence-corrected chi connectivity index (χ4v) is 9.98. The molecule has 0 amide bonds. The SMILES string of the molecule is c1ccc(N(c2ccccc2)c2ccc3c(c2)c2cc(N(c4ccccc4)c4ccccc4)ccc2c2nc4c(ccc5c4c4ccc(-c6ccncc6)cc4n5-c4ccccc4)nc32)cc1. The minimum atomic E-state index is 0.848. The van der Waals surface area contributed by atoms with E-state index < -0.39 is 0 Å². The topological polar surface area (TPSA) is 50.1 Å². The van der Waals surface area contributed by atoms with E-state index in [1.807, 2.05) is 12.4 Å². The molecule has 13 rings (SSSR count). The molecule has 3 heterocycles. The van der Waals surface area contributed by atoms with Crippen molar-refractivity contribution in [3.05, 3.63) is 243 Å². The molecule has 13 aromatic rings. The number of hydrogen-bond donors (Lipinski definition) is 0. The van der Waals surface area contributed by atoms with E-state index in [0.29, 0.717) is 0 Å². The minimum Gasteiger partial charge on any atom is -0.310 e. The van der Waals surface area contributed by atoms with Gasteiger partial charge in [-0.05, 0) is 137 Å². The molecule has 0 aliphatic carbocycles. The van der Waals surface area contributed by atoms with E-state index >= 15 is 0 Å². The fraction of sp³-hybridized carbons (Fsp3) is 0. The molecule has 0 fully saturated rings. The van der Waals surface area contributed by atoms with Crippen molar-refractivity contribution in [2.24, 2.45) is 0 Å². The molecule has 0 saturated heterocycles. The second kappa shape index (κ2) is 15.8. The van der Waals surface area contributed by atoms with Crippen LogP contribution in [0.5, 0.6) is 0 Å². The Hall–Kier alpha value is -9.13. The van der Waals surface area contributed by atoms with Crippen molar-refractivity contribution in [2.45, 2.75) is 0 Å². The summed E-state index contributed by atoms with van der Waals surface area (Å²) in [5.74, 6) is 0. The summed E-state index contributed by atoms with van der Waals surface area (Å²) in [6.45, 7) is 0. The van der Waals surface area contributed by atoms with Gasteiger partial charge in [0.1, 0.15) is 0 Å². The van der Waals surface area contributed by atoms with Gasteiger partial charge >= 0.3 is 0 Å². The zero-order chi connectivity index (χ0) is 44.3. The molecule has 3 aromatic heterocycles. The van der Waals surface area contributed by atoms with E-state index in [1.54, 1.807) is 0 Å². The Morgan fingerprint density at radius 1 is 0.313 bits per heavy atom. The molecule has 0 N–H and O–H groups in total. The first-order valence-corrected chi connectivity index (χ1v) is 22.6. The number of rotatable bonds is 8. The quantitative estimate of drug-likeness (QED) is 0.113. The summed E-state index contributed by atoms with van der Waals surface area (Å²) >= 11 is 0. The van der Waals surface area contributed by atoms with Crippen LogP contribution in [0.4, 0.5) is 34.1 Å². The molecule has 0 unspecified atom stereocenters. The van der Waals surface area contributed by atoms with Gasteiger partial charge in [-0.1, -0.05) is 115 Å². The van der Waals surface area contributed by atoms with Crippen LogP contribution in [0.1, 0.15) is 0 Å². The van der Waals surface area contributed by atoms with Crippen LogP contribution >= 0.6 is 0 Å². The Kier molecular flexibility index (Phi) is 9.06. The Labute approximate surface area is 386 Å². The zero-order valence-electron chi connectivity index (χ0n) is 36.3. The van der Waals surface area contributed by atoms with E-state index in [0.717, 1.165) is 116 Å². The number of benzene rings is 10. The Morgan fingerprint density at radius 3 is 1.31 bits per heavy atom. The number of pyridine rings is 1. The Balaban J connectivity index is 1.12. The third-order valence-corrected chi connectivity index (χ3v) is 13.0. The fourth-order valence-electron chi connectivity index (χ4n) is 9.98. The van der Waals surface area contributed by atoms with Crippen molar-refractivity contribution in [1.82, 2.24) is 19.5 Å². The highest BCUT2D eigenvalue weighted by Crippen LogP contribution is 2.45. The van der Waals surface area contributed by atoms with Gasteiger partial charge in [-0.25, -0.2) is 9.97 Å². The lowest BCUT2D eigenvalue weighted by Crippen LogP contribution is -2.10. The van der Waals surface area contributed by atoms with E-state index in [4.69, 9.17) is 9.97 Å². The molecule has 0 aliphatic rings. The first-order chi connectivity index (χ1) is 33.2. The van der Waals surface area contributed by atoms with Crippen LogP contribution in [0.2, 0.25) is 0 Å². The van der Waals surface area contributed by atoms with Gasteiger partial charge in [-0.15, -0.1) is 0 Å². The minimum absolute atomic E-state index is 0.848. The van der Waals surface area contributed by atoms with Gasteiger partial charge in [0, 0.05) is 73.8 Å². The summed E-state index contributed by atoms with van der Waals surface area (Å²) in [6.07, 6.45) is 3.70. The normalized spacial score (nSPS) is 11.6. The van der Waals surface area contributed by atoms with Gasteiger partial charge in [0.25, 0.3) is 0 Å². The van der Waals surface area contributed by atoms with Crippen LogP contribution < -0.4 is 9.80 Å². The average Bonchev–Trinajstić information content (AvgIpc) is 3.74. The van der Waals surface area contributed by atoms with Crippen molar-refractivity contribution < 1.29 is 0 Å². The van der Waals surface area contributed by atoms with Gasteiger partial charge in [0.05, 0.1) is 33.1 Å². The lowest BCUT2D eigenvalue weighted by Gasteiger charge is -2.27. The van der Waals surface area contributed by atoms with E-state index in [-0.39, 0.29) is 0 Å². The van der Waals surface area contributed by atoms with Crippen LogP contribution in [0.25, 0.3) is 82.2 Å². The smallest absolute Gasteiger partial charge is 0.0995 e. The molecule has 6 heteroatoms. The first kappa shape index (κ1) is 38.3. The predicted octanol–water partition coefficient (Wildman–Crippen LogP) is 16.2. The summed E-state index contributed by atoms with van der Waals surface area (Å²) in [5, 5.41) is 6.46. The number of nitrogens with zero attached hydrogens (tertiary/aromatic N) is 6. The summed E-state index contributed by atoms with van der Waals surface area (Å²) < 4.78 is 2.36. The molecular weight excluding hydrogens is 817 g/mol. The average molecular weight is 857 g/mol. The van der Waals surface area contributed by atoms with Gasteiger partial charge < -0.3 is 14.4 Å². The molecular formula is C61H40N6. The number of para-hydroxylation sites is 5. The standard InChI is InChI=1S/C61H40N6/c1-6-16-43(17-7-1)65(44-18-8-2-9-19-44)48-27-30-50-53(39-48)54-40-49(66(45-20-10-3-11-21-45)46-22-12-4-13-23-46)28-31-51(54)60-59(50)63-55-32-33-56-58(61(55)64-60)52-29-26-42(41-34-36-62-37-35-41)38-57(52)67(56)47-24-14-5-15-25-47/h1-40H. The maximum Gasteiger partial charge on any atom is 0.0995 e. The number of hydrogen-bond acceptors (Lipinski definition) is 5. The highest BCUT2D eigenvalue weighted by atomic mass is 15.1. The maximum absolute atomic E-state index is 5.76. The summed E-state index contributed by atoms with van der Waals surface area (Å²) in [5.41, 5.74) is 15.4. The molecule has 0 bridgehead atoms. The second-order valence-electron chi connectivity index (χ2n) is 16.9. The van der Waals surface area contributed by atoms with E-state index in [9.17, 15) is 0 Å². The number of aromatic nitrogens is 4. The van der Waals surface area contributed by atoms with Crippen LogP contribution in [-0.2, 0) is 0 Å². The first-order valence-electron chi connectivity index (χ1n) is 22.6. The van der Waals surface area contributed by atoms with Crippen LogP contribution in [-0.4, -0.2) is 19.5 Å². The van der Waals surface area contributed by atoms with Gasteiger partial charge in [0.2, 0.25) is 0 Å². The highest BCUT2D eigenvalue weighted by molar-refractivity contribution is 6.27. The van der Waals surface area contributed by atoms with Crippen LogP contribution in [0, 0.1) is 0 Å². The van der Waals surface area contributed by atoms with Crippen LogP contribution in [0.3, 0.4) is 0 Å². The Bertz CT molecular complexity index is 3880.